The van der Waals surface area contributed by atoms with E-state index in [4.69, 9.17) is 0 Å². The first-order valence-corrected chi connectivity index (χ1v) is 14.2. The lowest BCUT2D eigenvalue weighted by Gasteiger charge is -2.18. The van der Waals surface area contributed by atoms with Gasteiger partial charge in [-0.1, -0.05) is 57.6 Å². The monoisotopic (exact) mass is 537 g/mol. The zero-order valence-electron chi connectivity index (χ0n) is 21.6. The lowest BCUT2D eigenvalue weighted by atomic mass is 10.1. The Kier molecular flexibility index (Phi) is 20.3. The average Bonchev–Trinajstić information content (AvgIpc) is 2.81. The molecule has 11 nitrogen and oxygen atoms in total. The van der Waals surface area contributed by atoms with Gasteiger partial charge in [0, 0.05) is 13.3 Å². The third kappa shape index (κ3) is 21.5. The molecule has 0 saturated heterocycles. The number of unbranched alkanes of at least 4 members (excludes halogenated alkanes) is 9. The largest absolute Gasteiger partial charge is 0.480 e. The van der Waals surface area contributed by atoms with Crippen molar-refractivity contribution in [3.05, 3.63) is 12.2 Å². The minimum absolute atomic E-state index is 0.136. The molecule has 3 unspecified atom stereocenters. The van der Waals surface area contributed by atoms with Crippen LogP contribution in [0.4, 0.5) is 0 Å². The van der Waals surface area contributed by atoms with E-state index in [9.17, 15) is 34.1 Å². The number of hydrogen-bond acceptors (Lipinski definition) is 8. The fourth-order valence-corrected chi connectivity index (χ4v) is 3.86. The third-order valence-corrected chi connectivity index (χ3v) is 6.06. The summed E-state index contributed by atoms with van der Waals surface area (Å²) in [6, 6.07) is -1.54. The second-order valence-corrected chi connectivity index (χ2v) is 10.1. The number of aliphatic hydroxyl groups excluding tert-OH is 1. The molecular formula is C24H44NO10P. The van der Waals surface area contributed by atoms with Crippen molar-refractivity contribution in [2.75, 3.05) is 19.8 Å². The number of phosphoric ester groups is 1. The summed E-state index contributed by atoms with van der Waals surface area (Å²) in [7, 11) is -4.70. The zero-order valence-corrected chi connectivity index (χ0v) is 22.5. The number of nitrogens with one attached hydrogen (secondary N) is 1. The number of allylic oxidation sites excluding steroid dienone is 2. The number of rotatable bonds is 23. The molecule has 0 aliphatic heterocycles. The molecule has 0 heterocycles. The summed E-state index contributed by atoms with van der Waals surface area (Å²) in [5.74, 6) is -2.58. The van der Waals surface area contributed by atoms with Gasteiger partial charge in [-0.2, -0.15) is 0 Å². The molecule has 0 aromatic rings. The van der Waals surface area contributed by atoms with Gasteiger partial charge < -0.3 is 25.2 Å². The molecule has 0 aromatic heterocycles. The number of phosphoric acid groups is 1. The van der Waals surface area contributed by atoms with Crippen LogP contribution in [0.3, 0.4) is 0 Å². The Balaban J connectivity index is 4.03. The number of hydrogen-bond donors (Lipinski definition) is 4. The Morgan fingerprint density at radius 3 is 2.03 bits per heavy atom. The normalized spacial score (nSPS) is 14.8. The van der Waals surface area contributed by atoms with E-state index in [1.54, 1.807) is 0 Å². The van der Waals surface area contributed by atoms with Crippen LogP contribution < -0.4 is 5.32 Å². The SMILES string of the molecule is CCCCCC/C=C\CCCCCCCC(=O)NC(COP(=O)(O)OCC(O)COC(C)=O)C(=O)O. The molecule has 0 bridgehead atoms. The summed E-state index contributed by atoms with van der Waals surface area (Å²) in [5.41, 5.74) is 0. The van der Waals surface area contributed by atoms with Crippen LogP contribution in [0.25, 0.3) is 0 Å². The number of aliphatic carboxylic acids is 1. The summed E-state index contributed by atoms with van der Waals surface area (Å²) >= 11 is 0. The molecule has 0 aliphatic carbocycles. The maximum atomic E-state index is 12.0. The molecule has 0 spiro atoms. The average molecular weight is 538 g/mol. The van der Waals surface area contributed by atoms with E-state index in [-0.39, 0.29) is 6.42 Å². The van der Waals surface area contributed by atoms with Crippen molar-refractivity contribution >= 4 is 25.7 Å². The van der Waals surface area contributed by atoms with Crippen LogP contribution in [0.15, 0.2) is 12.2 Å². The standard InChI is InChI=1S/C24H44NO10P/c1-3-4-5-6-7-8-9-10-11-12-13-14-15-16-23(28)25-22(24(29)30)19-35-36(31,32)34-18-21(27)17-33-20(2)26/h8-9,21-22,27H,3-7,10-19H2,1-2H3,(H,25,28)(H,29,30)(H,31,32)/b9-8-. The molecule has 0 aromatic carbocycles. The van der Waals surface area contributed by atoms with E-state index >= 15 is 0 Å². The van der Waals surface area contributed by atoms with Gasteiger partial charge in [-0.3, -0.25) is 18.6 Å². The van der Waals surface area contributed by atoms with Crippen molar-refractivity contribution in [2.45, 2.75) is 103 Å². The predicted molar refractivity (Wildman–Crippen MR) is 134 cm³/mol. The highest BCUT2D eigenvalue weighted by Crippen LogP contribution is 2.43. The highest BCUT2D eigenvalue weighted by atomic mass is 31.2. The first-order valence-electron chi connectivity index (χ1n) is 12.7. The molecule has 0 rings (SSSR count). The number of carboxylic acid groups (broad SMARTS) is 1. The number of esters is 1. The summed E-state index contributed by atoms with van der Waals surface area (Å²) in [4.78, 5) is 43.7. The van der Waals surface area contributed by atoms with E-state index < -0.39 is 57.6 Å². The maximum Gasteiger partial charge on any atom is 0.472 e. The molecule has 0 saturated carbocycles. The van der Waals surface area contributed by atoms with Crippen LogP contribution in [0.1, 0.15) is 90.9 Å². The van der Waals surface area contributed by atoms with Crippen LogP contribution in [-0.2, 0) is 32.7 Å². The first-order chi connectivity index (χ1) is 17.1. The third-order valence-electron chi connectivity index (χ3n) is 5.11. The number of carbonyl (C=O) groups is 3. The molecule has 0 fully saturated rings. The molecular weight excluding hydrogens is 493 g/mol. The first kappa shape index (κ1) is 34.2. The van der Waals surface area contributed by atoms with E-state index in [0.29, 0.717) is 6.42 Å². The van der Waals surface area contributed by atoms with E-state index in [0.717, 1.165) is 45.4 Å². The smallest absolute Gasteiger partial charge is 0.472 e. The van der Waals surface area contributed by atoms with E-state index in [1.165, 1.54) is 25.7 Å². The predicted octanol–water partition coefficient (Wildman–Crippen LogP) is 3.87. The number of carbonyl (C=O) groups excluding carboxylic acids is 2. The van der Waals surface area contributed by atoms with Crippen molar-refractivity contribution in [3.8, 4) is 0 Å². The van der Waals surface area contributed by atoms with Crippen molar-refractivity contribution in [3.63, 3.8) is 0 Å². The van der Waals surface area contributed by atoms with Crippen LogP contribution in [0, 0.1) is 0 Å². The summed E-state index contributed by atoms with van der Waals surface area (Å²) in [6.07, 6.45) is 15.1. The number of amides is 1. The molecule has 1 amide bonds. The maximum absolute atomic E-state index is 12.0. The van der Waals surface area contributed by atoms with Gasteiger partial charge in [-0.05, 0) is 32.1 Å². The molecule has 210 valence electrons. The second kappa shape index (κ2) is 21.3. The number of ether oxygens (including phenoxy) is 1. The molecule has 3 atom stereocenters. The van der Waals surface area contributed by atoms with Crippen molar-refractivity contribution in [1.29, 1.82) is 0 Å². The Hall–Kier alpha value is -1.78. The van der Waals surface area contributed by atoms with Crippen LogP contribution in [0.2, 0.25) is 0 Å². The fraction of sp³-hybridized carbons (Fsp3) is 0.792. The quantitative estimate of drug-likeness (QED) is 0.0649. The van der Waals surface area contributed by atoms with Gasteiger partial charge in [0.05, 0.1) is 13.2 Å². The van der Waals surface area contributed by atoms with Gasteiger partial charge in [0.25, 0.3) is 0 Å². The van der Waals surface area contributed by atoms with Gasteiger partial charge in [0.15, 0.2) is 6.04 Å². The topological polar surface area (TPSA) is 169 Å². The Bertz CT molecular complexity index is 700. The van der Waals surface area contributed by atoms with E-state index in [1.807, 2.05) is 0 Å². The summed E-state index contributed by atoms with van der Waals surface area (Å²) in [6.45, 7) is 1.40. The summed E-state index contributed by atoms with van der Waals surface area (Å²) in [5, 5.41) is 21.0. The second-order valence-electron chi connectivity index (χ2n) is 8.60. The molecule has 36 heavy (non-hydrogen) atoms. The van der Waals surface area contributed by atoms with Crippen molar-refractivity contribution in [2.24, 2.45) is 0 Å². The molecule has 4 N–H and O–H groups in total. The van der Waals surface area contributed by atoms with Crippen LogP contribution in [0.5, 0.6) is 0 Å². The fourth-order valence-electron chi connectivity index (χ4n) is 3.09. The summed E-state index contributed by atoms with van der Waals surface area (Å²) < 4.78 is 25.6. The van der Waals surface area contributed by atoms with Gasteiger partial charge in [0.1, 0.15) is 12.7 Å². The number of aliphatic hydroxyl groups is 1. The lowest BCUT2D eigenvalue weighted by molar-refractivity contribution is -0.144. The Morgan fingerprint density at radius 1 is 0.889 bits per heavy atom. The highest BCUT2D eigenvalue weighted by Gasteiger charge is 2.28. The highest BCUT2D eigenvalue weighted by molar-refractivity contribution is 7.47. The van der Waals surface area contributed by atoms with Crippen molar-refractivity contribution in [1.82, 2.24) is 5.32 Å². The van der Waals surface area contributed by atoms with Crippen LogP contribution >= 0.6 is 7.82 Å². The molecule has 12 heteroatoms. The number of carboxylic acids is 1. The van der Waals surface area contributed by atoms with Gasteiger partial charge in [-0.25, -0.2) is 9.36 Å². The zero-order chi connectivity index (χ0) is 27.2. The molecule has 0 radical (unpaired) electrons. The van der Waals surface area contributed by atoms with Gasteiger partial charge in [-0.15, -0.1) is 0 Å². The van der Waals surface area contributed by atoms with Gasteiger partial charge in [0.2, 0.25) is 5.91 Å². The minimum atomic E-state index is -4.70. The van der Waals surface area contributed by atoms with E-state index in [2.05, 4.69) is 38.2 Å². The van der Waals surface area contributed by atoms with Crippen molar-refractivity contribution < 1.29 is 47.8 Å². The Labute approximate surface area is 214 Å². The van der Waals surface area contributed by atoms with Gasteiger partial charge >= 0.3 is 19.8 Å². The lowest BCUT2D eigenvalue weighted by Crippen LogP contribution is -2.43. The Morgan fingerprint density at radius 2 is 1.44 bits per heavy atom. The minimum Gasteiger partial charge on any atom is -0.480 e. The molecule has 0 aliphatic rings. The van der Waals surface area contributed by atoms with Crippen LogP contribution in [-0.4, -0.2) is 64.9 Å².